The minimum atomic E-state index is -1.26. The summed E-state index contributed by atoms with van der Waals surface area (Å²) in [5.74, 6) is -5.25. The number of hydrogen-bond donors (Lipinski definition) is 7. The fourth-order valence-electron chi connectivity index (χ4n) is 6.33. The number of nitrogens with one attached hydrogen (secondary N) is 6. The molecule has 3 unspecified atom stereocenters. The highest BCUT2D eigenvalue weighted by Crippen LogP contribution is 2.32. The van der Waals surface area contributed by atoms with Gasteiger partial charge in [0.1, 0.15) is 30.2 Å². The second-order valence-electron chi connectivity index (χ2n) is 13.2. The van der Waals surface area contributed by atoms with Crippen LogP contribution in [-0.4, -0.2) is 75.8 Å². The summed E-state index contributed by atoms with van der Waals surface area (Å²) in [6.07, 6.45) is 2.71. The maximum absolute atomic E-state index is 14.3. The Morgan fingerprint density at radius 3 is 2.15 bits per heavy atom. The topological polar surface area (TPSA) is 199 Å². The van der Waals surface area contributed by atoms with Gasteiger partial charge in [0.25, 0.3) is 0 Å². The van der Waals surface area contributed by atoms with E-state index in [1.807, 2.05) is 39.0 Å². The molecule has 4 bridgehead atoms. The van der Waals surface area contributed by atoms with Crippen LogP contribution >= 0.6 is 0 Å². The van der Waals surface area contributed by atoms with Crippen molar-refractivity contribution in [3.63, 3.8) is 0 Å². The quantitative estimate of drug-likeness (QED) is 0.223. The highest BCUT2D eigenvalue weighted by Gasteiger charge is 2.40. The van der Waals surface area contributed by atoms with Crippen LogP contribution in [0.3, 0.4) is 0 Å². The van der Waals surface area contributed by atoms with E-state index in [4.69, 9.17) is 0 Å². The van der Waals surface area contributed by atoms with Gasteiger partial charge < -0.3 is 36.7 Å². The van der Waals surface area contributed by atoms with Gasteiger partial charge in [0.05, 0.1) is 0 Å². The summed E-state index contributed by atoms with van der Waals surface area (Å²) in [5, 5.41) is 24.5. The molecule has 1 saturated heterocycles. The number of aromatic amines is 1. The fourth-order valence-corrected chi connectivity index (χ4v) is 6.33. The zero-order valence-electron chi connectivity index (χ0n) is 27.2. The Morgan fingerprint density at radius 2 is 1.57 bits per heavy atom. The first-order valence-corrected chi connectivity index (χ1v) is 16.0. The number of carboxylic acid groups (broad SMARTS) is 1. The summed E-state index contributed by atoms with van der Waals surface area (Å²) in [6.45, 7) is 11.0. The number of fused-ring (bicyclic) bond motifs is 12. The van der Waals surface area contributed by atoms with Crippen molar-refractivity contribution in [2.75, 3.05) is 0 Å². The molecule has 5 amide bonds. The van der Waals surface area contributed by atoms with E-state index in [1.165, 1.54) is 0 Å². The molecule has 0 saturated carbocycles. The Morgan fingerprint density at radius 1 is 0.891 bits per heavy atom. The summed E-state index contributed by atoms with van der Waals surface area (Å²) in [4.78, 5) is 82.3. The Balaban J connectivity index is 1.85. The smallest absolute Gasteiger partial charge is 0.326 e. The van der Waals surface area contributed by atoms with Crippen LogP contribution in [0.2, 0.25) is 0 Å². The molecule has 13 nitrogen and oxygen atoms in total. The van der Waals surface area contributed by atoms with Gasteiger partial charge in [-0.05, 0) is 41.4 Å². The molecule has 3 aliphatic rings. The third-order valence-corrected chi connectivity index (χ3v) is 9.22. The molecule has 2 aromatic rings. The molecule has 46 heavy (non-hydrogen) atoms. The minimum Gasteiger partial charge on any atom is -0.480 e. The molecule has 7 N–H and O–H groups in total. The predicted molar refractivity (Wildman–Crippen MR) is 170 cm³/mol. The van der Waals surface area contributed by atoms with Gasteiger partial charge in [-0.2, -0.15) is 0 Å². The Kier molecular flexibility index (Phi) is 10.7. The molecule has 250 valence electrons. The summed E-state index contributed by atoms with van der Waals surface area (Å²) >= 11 is 0. The molecule has 1 aromatic heterocycles. The fraction of sp³-hybridized carbons (Fsp3) is 0.576. The lowest BCUT2D eigenvalue weighted by molar-refractivity contribution is -0.142. The molecule has 7 atom stereocenters. The lowest BCUT2D eigenvalue weighted by atomic mass is 9.81. The highest BCUT2D eigenvalue weighted by atomic mass is 16.4. The zero-order chi connectivity index (χ0) is 33.9. The number of carbonyl (C=O) groups excluding carboxylic acids is 5. The normalized spacial score (nSPS) is 26.9. The van der Waals surface area contributed by atoms with Crippen LogP contribution in [0.15, 0.2) is 24.4 Å². The van der Waals surface area contributed by atoms with E-state index < -0.39 is 71.6 Å². The average molecular weight is 639 g/mol. The van der Waals surface area contributed by atoms with Crippen LogP contribution < -0.4 is 26.6 Å². The maximum Gasteiger partial charge on any atom is 0.326 e. The van der Waals surface area contributed by atoms with E-state index in [0.29, 0.717) is 23.9 Å². The number of amides is 5. The van der Waals surface area contributed by atoms with E-state index >= 15 is 0 Å². The number of hydrogen-bond acceptors (Lipinski definition) is 6. The van der Waals surface area contributed by atoms with E-state index in [1.54, 1.807) is 27.0 Å². The maximum atomic E-state index is 14.3. The lowest BCUT2D eigenvalue weighted by Gasteiger charge is -2.34. The monoisotopic (exact) mass is 638 g/mol. The third kappa shape index (κ3) is 7.51. The first-order chi connectivity index (χ1) is 21.7. The first-order valence-electron chi connectivity index (χ1n) is 16.0. The van der Waals surface area contributed by atoms with Gasteiger partial charge in [0.2, 0.25) is 29.5 Å². The number of rotatable bonds is 7. The Bertz CT molecular complexity index is 1500. The van der Waals surface area contributed by atoms with Crippen LogP contribution in [-0.2, 0) is 35.2 Å². The summed E-state index contributed by atoms with van der Waals surface area (Å²) < 4.78 is 0. The molecule has 13 heteroatoms. The first kappa shape index (κ1) is 34.5. The van der Waals surface area contributed by atoms with E-state index in [-0.39, 0.29) is 30.6 Å². The molecule has 0 radical (unpaired) electrons. The third-order valence-electron chi connectivity index (χ3n) is 9.22. The van der Waals surface area contributed by atoms with Crippen molar-refractivity contribution >= 4 is 46.4 Å². The molecule has 0 aliphatic carbocycles. The van der Waals surface area contributed by atoms with Gasteiger partial charge in [0, 0.05) is 35.9 Å². The van der Waals surface area contributed by atoms with Crippen LogP contribution in [0.4, 0.5) is 0 Å². The minimum absolute atomic E-state index is 0.00584. The number of H-pyrrole nitrogens is 1. The van der Waals surface area contributed by atoms with Crippen molar-refractivity contribution in [2.24, 2.45) is 17.8 Å². The van der Waals surface area contributed by atoms with E-state index in [9.17, 15) is 33.9 Å². The molecule has 5 rings (SSSR count). The predicted octanol–water partition coefficient (Wildman–Crippen LogP) is 1.47. The summed E-state index contributed by atoms with van der Waals surface area (Å²) in [5.41, 5.74) is 2.10. The molecular formula is C33H46N6O7. The van der Waals surface area contributed by atoms with Crippen molar-refractivity contribution in [3.05, 3.63) is 35.5 Å². The van der Waals surface area contributed by atoms with Crippen LogP contribution in [0.5, 0.6) is 0 Å². The summed E-state index contributed by atoms with van der Waals surface area (Å²) in [7, 11) is 0. The van der Waals surface area contributed by atoms with Crippen molar-refractivity contribution in [1.82, 2.24) is 31.6 Å². The Labute approximate surface area is 268 Å². The standard InChI is InChI=1S/C33H46N6O7/c1-7-17(6)27-31(43)37-26(16(4)5)30(42)36-23(33(45)46)13-19-14-34-22-12-18(8-9-20(19)22)25(15(2)3)28(32(44)38-27)39-29(41)21-10-11-24(40)35-21/h8-9,12,14-17,21,23,25-28,34H,7,10-11,13H2,1-6H3,(H,35,40)(H,36,42)(H,37,43)(H,38,44)(H,39,41)(H,45,46)/t17?,21-,23?,25+,26-,27?,28-/m0/s1. The van der Waals surface area contributed by atoms with Gasteiger partial charge in [-0.25, -0.2) is 4.79 Å². The molecule has 0 spiro atoms. The van der Waals surface area contributed by atoms with Crippen LogP contribution in [0, 0.1) is 17.8 Å². The number of carbonyl (C=O) groups is 6. The van der Waals surface area contributed by atoms with Crippen molar-refractivity contribution in [2.45, 2.75) is 103 Å². The van der Waals surface area contributed by atoms with Crippen LogP contribution in [0.25, 0.3) is 10.9 Å². The highest BCUT2D eigenvalue weighted by molar-refractivity contribution is 5.97. The summed E-state index contributed by atoms with van der Waals surface area (Å²) in [6, 6.07) is 0.237. The number of aliphatic carboxylic acids is 1. The zero-order valence-corrected chi connectivity index (χ0v) is 27.2. The number of benzene rings is 1. The average Bonchev–Trinajstić information content (AvgIpc) is 3.62. The molecule has 3 aliphatic heterocycles. The second kappa shape index (κ2) is 14.3. The van der Waals surface area contributed by atoms with Gasteiger partial charge in [-0.3, -0.25) is 24.0 Å². The number of carboxylic acids is 1. The Hall–Kier alpha value is -4.42. The van der Waals surface area contributed by atoms with E-state index in [2.05, 4.69) is 31.6 Å². The molecule has 4 heterocycles. The lowest BCUT2D eigenvalue weighted by Crippen LogP contribution is -2.61. The van der Waals surface area contributed by atoms with Gasteiger partial charge in [-0.15, -0.1) is 0 Å². The molecular weight excluding hydrogens is 592 g/mol. The van der Waals surface area contributed by atoms with Gasteiger partial charge in [-0.1, -0.05) is 60.1 Å². The largest absolute Gasteiger partial charge is 0.480 e. The van der Waals surface area contributed by atoms with Crippen LogP contribution in [0.1, 0.15) is 77.8 Å². The second-order valence-corrected chi connectivity index (χ2v) is 13.2. The van der Waals surface area contributed by atoms with E-state index in [0.717, 1.165) is 10.9 Å². The van der Waals surface area contributed by atoms with Crippen molar-refractivity contribution in [1.29, 1.82) is 0 Å². The number of aromatic nitrogens is 1. The SMILES string of the molecule is CCC(C)C1NC(=O)[C@@H](NC(=O)[C@@H]2CCC(=O)N2)[C@H](C(C)C)c2ccc3c(c[nH]c3c2)CC(C(=O)O)NC(=O)[C@H](C(C)C)NC1=O. The van der Waals surface area contributed by atoms with Crippen molar-refractivity contribution in [3.8, 4) is 0 Å². The van der Waals surface area contributed by atoms with Crippen molar-refractivity contribution < 1.29 is 33.9 Å². The molecule has 1 aromatic carbocycles. The van der Waals surface area contributed by atoms with Gasteiger partial charge >= 0.3 is 5.97 Å². The molecule has 1 fully saturated rings. The van der Waals surface area contributed by atoms with Gasteiger partial charge in [0.15, 0.2) is 0 Å².